The number of nitro groups is 1. The maximum Gasteiger partial charge on any atom is 0.408 e. The molecule has 0 bridgehead atoms. The van der Waals surface area contributed by atoms with Crippen LogP contribution in [0.25, 0.3) is 0 Å². The fraction of sp³-hybridized carbons (Fsp3) is 0.545. The monoisotopic (exact) mass is 775 g/mol. The maximum absolute atomic E-state index is 13.0. The van der Waals surface area contributed by atoms with Gasteiger partial charge in [0.25, 0.3) is 5.69 Å². The van der Waals surface area contributed by atoms with E-state index in [4.69, 9.17) is 24.7 Å². The average Bonchev–Trinajstić information content (AvgIpc) is 3.17. The van der Waals surface area contributed by atoms with Gasteiger partial charge in [-0.1, -0.05) is 101 Å². The molecule has 0 unspecified atom stereocenters. The standard InChI is InChI=1S/C28H36N2O7.C16H25NO2/c1-6-20-16-23(36-26(31)21-12-14-22(15-13-21)30(33)34)24(29-27(32)37-28(3,4)5)25(18(20)2)35-17-19-10-8-7-9-11-19;1-3-13-9-14(18)15(17)16(11(13)2)19-10-12-7-5-4-6-8-12/h7-15,18,20,23-25H,6,16-17H2,1-5H3,(H,29,32);4-8,11,13-16,18H,3,9-10,17H2,1-2H3/t18-,20+,23-,24+,25+;11-,13+,14-,15+,16+/m11/s1. The Bertz CT molecular complexity index is 1670. The second-order valence-electron chi connectivity index (χ2n) is 16.1. The van der Waals surface area contributed by atoms with E-state index in [0.29, 0.717) is 31.5 Å². The van der Waals surface area contributed by atoms with Crippen molar-refractivity contribution >= 4 is 17.7 Å². The summed E-state index contributed by atoms with van der Waals surface area (Å²) in [6.07, 6.45) is 0.984. The second kappa shape index (κ2) is 20.7. The summed E-state index contributed by atoms with van der Waals surface area (Å²) in [5.74, 6) is 0.528. The van der Waals surface area contributed by atoms with Crippen molar-refractivity contribution in [2.75, 3.05) is 0 Å². The molecule has 0 aliphatic heterocycles. The zero-order valence-corrected chi connectivity index (χ0v) is 33.8. The van der Waals surface area contributed by atoms with Crippen molar-refractivity contribution in [2.45, 2.75) is 129 Å². The molecule has 12 nitrogen and oxygen atoms in total. The quantitative estimate of drug-likeness (QED) is 0.0930. The van der Waals surface area contributed by atoms with Gasteiger partial charge in [0.15, 0.2) is 0 Å². The zero-order valence-electron chi connectivity index (χ0n) is 33.8. The molecule has 2 saturated carbocycles. The lowest BCUT2D eigenvalue weighted by Crippen LogP contribution is -2.60. The Kier molecular flexibility index (Phi) is 16.4. The van der Waals surface area contributed by atoms with Gasteiger partial charge in [-0.05, 0) is 80.5 Å². The summed E-state index contributed by atoms with van der Waals surface area (Å²) in [5, 5.41) is 23.9. The molecule has 10 atom stereocenters. The van der Waals surface area contributed by atoms with E-state index < -0.39 is 46.9 Å². The second-order valence-corrected chi connectivity index (χ2v) is 16.1. The summed E-state index contributed by atoms with van der Waals surface area (Å²) in [5.41, 5.74) is 7.62. The summed E-state index contributed by atoms with van der Waals surface area (Å²) < 4.78 is 23.8. The van der Waals surface area contributed by atoms with Gasteiger partial charge < -0.3 is 35.1 Å². The van der Waals surface area contributed by atoms with Crippen LogP contribution < -0.4 is 11.1 Å². The molecule has 2 aliphatic carbocycles. The Balaban J connectivity index is 0.000000306. The van der Waals surface area contributed by atoms with Gasteiger partial charge in [-0.25, -0.2) is 9.59 Å². The van der Waals surface area contributed by atoms with Gasteiger partial charge in [-0.2, -0.15) is 0 Å². The molecular formula is C44H61N3O9. The van der Waals surface area contributed by atoms with Crippen molar-refractivity contribution in [1.29, 1.82) is 0 Å². The van der Waals surface area contributed by atoms with E-state index in [1.165, 1.54) is 24.3 Å². The van der Waals surface area contributed by atoms with Gasteiger partial charge in [-0.3, -0.25) is 10.1 Å². The molecule has 0 radical (unpaired) electrons. The Hall–Kier alpha value is -4.36. The third kappa shape index (κ3) is 12.6. The number of aliphatic hydroxyl groups excluding tert-OH is 1. The van der Waals surface area contributed by atoms with Crippen molar-refractivity contribution in [3.63, 3.8) is 0 Å². The molecule has 4 N–H and O–H groups in total. The summed E-state index contributed by atoms with van der Waals surface area (Å²) in [7, 11) is 0. The van der Waals surface area contributed by atoms with Crippen LogP contribution in [-0.4, -0.2) is 64.2 Å². The van der Waals surface area contributed by atoms with Crippen LogP contribution in [0.5, 0.6) is 0 Å². The Morgan fingerprint density at radius 1 is 0.821 bits per heavy atom. The minimum Gasteiger partial charge on any atom is -0.456 e. The number of esters is 1. The van der Waals surface area contributed by atoms with Gasteiger partial charge in [0, 0.05) is 12.1 Å². The summed E-state index contributed by atoms with van der Waals surface area (Å²) in [4.78, 5) is 36.3. The highest BCUT2D eigenvalue weighted by atomic mass is 16.6. The van der Waals surface area contributed by atoms with Crippen molar-refractivity contribution < 1.29 is 38.6 Å². The number of hydrogen-bond acceptors (Lipinski definition) is 10. The molecule has 56 heavy (non-hydrogen) atoms. The largest absolute Gasteiger partial charge is 0.456 e. The van der Waals surface area contributed by atoms with Crippen LogP contribution in [0.4, 0.5) is 10.5 Å². The van der Waals surface area contributed by atoms with Gasteiger partial charge in [0.2, 0.25) is 0 Å². The average molecular weight is 776 g/mol. The van der Waals surface area contributed by atoms with Gasteiger partial charge in [-0.15, -0.1) is 0 Å². The molecule has 2 aliphatic rings. The summed E-state index contributed by atoms with van der Waals surface area (Å²) in [6, 6.07) is 24.2. The fourth-order valence-electron chi connectivity index (χ4n) is 7.78. The van der Waals surface area contributed by atoms with Crippen molar-refractivity contribution in [3.8, 4) is 0 Å². The van der Waals surface area contributed by atoms with Crippen LogP contribution in [0, 0.1) is 33.8 Å². The number of non-ortho nitro benzene ring substituents is 1. The zero-order chi connectivity index (χ0) is 41.0. The lowest BCUT2D eigenvalue weighted by molar-refractivity contribution is -0.384. The number of carbonyl (C=O) groups excluding carboxylic acids is 2. The van der Waals surface area contributed by atoms with E-state index in [0.717, 1.165) is 30.4 Å². The number of nitrogens with two attached hydrogens (primary N) is 1. The number of carbonyl (C=O) groups is 2. The molecule has 2 fully saturated rings. The third-order valence-corrected chi connectivity index (χ3v) is 11.1. The minimum absolute atomic E-state index is 0.0612. The highest BCUT2D eigenvalue weighted by Gasteiger charge is 2.46. The number of nitro benzene ring substituents is 1. The first-order valence-corrected chi connectivity index (χ1v) is 19.8. The Morgan fingerprint density at radius 3 is 1.82 bits per heavy atom. The van der Waals surface area contributed by atoms with E-state index in [2.05, 4.69) is 33.0 Å². The van der Waals surface area contributed by atoms with Gasteiger partial charge in [0.1, 0.15) is 11.7 Å². The third-order valence-electron chi connectivity index (χ3n) is 11.1. The normalized spacial score (nSPS) is 27.6. The first-order chi connectivity index (χ1) is 26.6. The minimum atomic E-state index is -0.707. The fourth-order valence-corrected chi connectivity index (χ4v) is 7.78. The van der Waals surface area contributed by atoms with Crippen LogP contribution in [0.3, 0.4) is 0 Å². The van der Waals surface area contributed by atoms with Crippen LogP contribution in [0.2, 0.25) is 0 Å². The van der Waals surface area contributed by atoms with E-state index in [9.17, 15) is 24.8 Å². The summed E-state index contributed by atoms with van der Waals surface area (Å²) >= 11 is 0. The smallest absolute Gasteiger partial charge is 0.408 e. The molecular weight excluding hydrogens is 714 g/mol. The van der Waals surface area contributed by atoms with Crippen molar-refractivity contribution in [3.05, 3.63) is 112 Å². The topological polar surface area (TPSA) is 172 Å². The van der Waals surface area contributed by atoms with Crippen molar-refractivity contribution in [1.82, 2.24) is 5.32 Å². The van der Waals surface area contributed by atoms with E-state index in [1.807, 2.05) is 60.7 Å². The van der Waals surface area contributed by atoms with Crippen LogP contribution in [0.1, 0.15) is 95.6 Å². The molecule has 0 heterocycles. The Morgan fingerprint density at radius 2 is 1.32 bits per heavy atom. The number of aliphatic hydroxyl groups is 1. The van der Waals surface area contributed by atoms with Gasteiger partial charge >= 0.3 is 12.1 Å². The SMILES string of the molecule is CC[C@H]1C[C@@H](O)[C@H](N)[C@@H](OCc2ccccc2)[C@@H]1C.CC[C@H]1C[C@@H](OC(=O)c2ccc([N+](=O)[O-])cc2)[C@H](NC(=O)OC(C)(C)C)[C@@H](OCc2ccccc2)[C@@H]1C. The van der Waals surface area contributed by atoms with Gasteiger partial charge in [0.05, 0.1) is 54.1 Å². The van der Waals surface area contributed by atoms with Crippen LogP contribution >= 0.6 is 0 Å². The van der Waals surface area contributed by atoms with E-state index in [-0.39, 0.29) is 35.2 Å². The molecule has 1 amide bonds. The van der Waals surface area contributed by atoms with Crippen LogP contribution in [-0.2, 0) is 32.2 Å². The molecule has 12 heteroatoms. The first kappa shape index (κ1) is 44.4. The number of alkyl carbamates (subject to hydrolysis) is 1. The molecule has 0 spiro atoms. The van der Waals surface area contributed by atoms with Crippen molar-refractivity contribution in [2.24, 2.45) is 29.4 Å². The molecule has 3 aromatic carbocycles. The molecule has 0 saturated heterocycles. The number of ether oxygens (including phenoxy) is 4. The highest BCUT2D eigenvalue weighted by Crippen LogP contribution is 2.37. The van der Waals surface area contributed by atoms with E-state index in [1.54, 1.807) is 20.8 Å². The lowest BCUT2D eigenvalue weighted by atomic mass is 9.73. The molecule has 306 valence electrons. The predicted molar refractivity (Wildman–Crippen MR) is 215 cm³/mol. The number of benzene rings is 3. The molecule has 0 aromatic heterocycles. The van der Waals surface area contributed by atoms with E-state index >= 15 is 0 Å². The molecule has 5 rings (SSSR count). The molecule has 3 aromatic rings. The number of nitrogens with one attached hydrogen (secondary N) is 1. The highest BCUT2D eigenvalue weighted by molar-refractivity contribution is 5.89. The number of amides is 1. The lowest BCUT2D eigenvalue weighted by Gasteiger charge is -2.45. The predicted octanol–water partition coefficient (Wildman–Crippen LogP) is 7.99. The Labute approximate surface area is 331 Å². The number of rotatable bonds is 12. The maximum atomic E-state index is 13.0. The first-order valence-electron chi connectivity index (χ1n) is 19.8. The number of hydrogen-bond donors (Lipinski definition) is 3. The summed E-state index contributed by atoms with van der Waals surface area (Å²) in [6.45, 7) is 14.7. The van der Waals surface area contributed by atoms with Crippen LogP contribution in [0.15, 0.2) is 84.9 Å². The number of nitrogens with zero attached hydrogens (tertiary/aromatic N) is 1.